The quantitative estimate of drug-likeness (QED) is 0.393. The molecule has 0 aliphatic carbocycles. The third-order valence-electron chi connectivity index (χ3n) is 6.54. The number of anilines is 1. The van der Waals surface area contributed by atoms with Crippen LogP contribution < -0.4 is 10.1 Å². The van der Waals surface area contributed by atoms with E-state index in [-0.39, 0.29) is 5.91 Å². The third-order valence-corrected chi connectivity index (χ3v) is 6.54. The number of nitrogens with one attached hydrogen (secondary N) is 1. The van der Waals surface area contributed by atoms with Crippen LogP contribution in [0.2, 0.25) is 0 Å². The average molecular weight is 479 g/mol. The van der Waals surface area contributed by atoms with Crippen LogP contribution in [-0.2, 0) is 0 Å². The molecule has 0 atom stereocenters. The Hall–Kier alpha value is -4.08. The first-order chi connectivity index (χ1) is 17.6. The maximum absolute atomic E-state index is 13.0. The Morgan fingerprint density at radius 2 is 1.89 bits per heavy atom. The van der Waals surface area contributed by atoms with E-state index in [1.165, 1.54) is 25.9 Å². The number of amides is 1. The summed E-state index contributed by atoms with van der Waals surface area (Å²) in [5.41, 5.74) is 5.78. The van der Waals surface area contributed by atoms with Crippen molar-refractivity contribution in [2.24, 2.45) is 0 Å². The number of fused-ring (bicyclic) bond motifs is 1. The molecule has 1 aliphatic rings. The van der Waals surface area contributed by atoms with E-state index in [4.69, 9.17) is 4.74 Å². The number of aromatic nitrogens is 2. The van der Waals surface area contributed by atoms with Crippen LogP contribution in [0, 0.1) is 25.7 Å². The molecule has 3 heterocycles. The molecule has 0 saturated carbocycles. The number of nitrogens with zero attached hydrogens (tertiary/aromatic N) is 3. The summed E-state index contributed by atoms with van der Waals surface area (Å²) in [7, 11) is 0. The van der Waals surface area contributed by atoms with Crippen molar-refractivity contribution < 1.29 is 9.53 Å². The third kappa shape index (κ3) is 5.42. The van der Waals surface area contributed by atoms with Gasteiger partial charge in [0.2, 0.25) is 0 Å². The van der Waals surface area contributed by atoms with Crippen LogP contribution in [0.1, 0.15) is 45.6 Å². The van der Waals surface area contributed by atoms with Crippen LogP contribution in [0.3, 0.4) is 0 Å². The standard InChI is InChI=1S/C30H30N4O2/c1-22-8-9-25(20-24(22)10-12-27-21-31-29-7-3-4-16-34(27)29)30(35)32-26-11-13-28(23(2)19-26)36-18-17-33-14-5-6-15-33/h3-4,7-9,11,13,16,19-21H,5-6,14-15,17-18H2,1-2H3,(H,32,35). The highest BCUT2D eigenvalue weighted by molar-refractivity contribution is 6.04. The number of imidazole rings is 1. The van der Waals surface area contributed by atoms with E-state index in [1.54, 1.807) is 6.20 Å². The highest BCUT2D eigenvalue weighted by Crippen LogP contribution is 2.23. The number of likely N-dealkylation sites (tertiary alicyclic amines) is 1. The highest BCUT2D eigenvalue weighted by Gasteiger charge is 2.12. The van der Waals surface area contributed by atoms with Crippen molar-refractivity contribution in [1.82, 2.24) is 14.3 Å². The Balaban J connectivity index is 1.25. The molecule has 0 unspecified atom stereocenters. The predicted molar refractivity (Wildman–Crippen MR) is 143 cm³/mol. The summed E-state index contributed by atoms with van der Waals surface area (Å²) in [6, 6.07) is 17.2. The molecule has 0 bridgehead atoms. The van der Waals surface area contributed by atoms with Gasteiger partial charge in [-0.3, -0.25) is 14.1 Å². The number of carbonyl (C=O) groups is 1. The van der Waals surface area contributed by atoms with Gasteiger partial charge in [-0.15, -0.1) is 0 Å². The predicted octanol–water partition coefficient (Wildman–Crippen LogP) is 5.08. The number of pyridine rings is 1. The van der Waals surface area contributed by atoms with Crippen LogP contribution in [0.15, 0.2) is 67.0 Å². The molecular weight excluding hydrogens is 448 g/mol. The molecule has 4 aromatic rings. The minimum Gasteiger partial charge on any atom is -0.492 e. The smallest absolute Gasteiger partial charge is 0.255 e. The minimum atomic E-state index is -0.171. The van der Waals surface area contributed by atoms with Gasteiger partial charge in [-0.25, -0.2) is 4.98 Å². The first-order valence-electron chi connectivity index (χ1n) is 12.4. The largest absolute Gasteiger partial charge is 0.492 e. The van der Waals surface area contributed by atoms with Crippen LogP contribution in [0.5, 0.6) is 5.75 Å². The monoisotopic (exact) mass is 478 g/mol. The SMILES string of the molecule is Cc1ccc(C(=O)Nc2ccc(OCCN3CCCC3)c(C)c2)cc1C#Cc1cnc2ccccn12. The van der Waals surface area contributed by atoms with E-state index in [2.05, 4.69) is 27.0 Å². The van der Waals surface area contributed by atoms with Crippen LogP contribution in [-0.4, -0.2) is 46.4 Å². The molecule has 1 aliphatic heterocycles. The van der Waals surface area contributed by atoms with Gasteiger partial charge in [-0.2, -0.15) is 0 Å². The number of hydrogen-bond acceptors (Lipinski definition) is 4. The van der Waals surface area contributed by atoms with Gasteiger partial charge in [0.05, 0.1) is 6.20 Å². The number of rotatable bonds is 6. The zero-order chi connectivity index (χ0) is 24.9. The Labute approximate surface area is 211 Å². The second-order valence-electron chi connectivity index (χ2n) is 9.18. The molecule has 2 aromatic heterocycles. The Kier molecular flexibility index (Phi) is 7.01. The van der Waals surface area contributed by atoms with E-state index in [0.717, 1.165) is 46.0 Å². The van der Waals surface area contributed by atoms with Gasteiger partial charge < -0.3 is 10.1 Å². The summed E-state index contributed by atoms with van der Waals surface area (Å²) in [5, 5.41) is 3.00. The van der Waals surface area contributed by atoms with E-state index in [9.17, 15) is 4.79 Å². The lowest BCUT2D eigenvalue weighted by Crippen LogP contribution is -2.25. The molecule has 5 rings (SSSR count). The molecule has 0 radical (unpaired) electrons. The normalized spacial score (nSPS) is 13.4. The van der Waals surface area contributed by atoms with Gasteiger partial charge >= 0.3 is 0 Å². The molecule has 6 nitrogen and oxygen atoms in total. The van der Waals surface area contributed by atoms with Gasteiger partial charge in [0.1, 0.15) is 23.7 Å². The van der Waals surface area contributed by atoms with E-state index in [1.807, 2.05) is 79.0 Å². The van der Waals surface area contributed by atoms with Gasteiger partial charge in [0, 0.05) is 29.6 Å². The van der Waals surface area contributed by atoms with Crippen LogP contribution >= 0.6 is 0 Å². The van der Waals surface area contributed by atoms with Gasteiger partial charge in [0.25, 0.3) is 5.91 Å². The second kappa shape index (κ2) is 10.7. The fourth-order valence-electron chi connectivity index (χ4n) is 4.44. The number of ether oxygens (including phenoxy) is 1. The van der Waals surface area contributed by atoms with Gasteiger partial charge in [-0.1, -0.05) is 18.1 Å². The van der Waals surface area contributed by atoms with Crippen molar-refractivity contribution in [3.8, 4) is 17.6 Å². The molecule has 1 amide bonds. The lowest BCUT2D eigenvalue weighted by Gasteiger charge is -2.16. The van der Waals surface area contributed by atoms with E-state index >= 15 is 0 Å². The molecule has 36 heavy (non-hydrogen) atoms. The van der Waals surface area contributed by atoms with Crippen molar-refractivity contribution in [2.45, 2.75) is 26.7 Å². The fraction of sp³-hybridized carbons (Fsp3) is 0.267. The number of benzene rings is 2. The molecule has 2 aromatic carbocycles. The Bertz CT molecular complexity index is 1450. The molecule has 0 spiro atoms. The number of aryl methyl sites for hydroxylation is 2. The second-order valence-corrected chi connectivity index (χ2v) is 9.18. The summed E-state index contributed by atoms with van der Waals surface area (Å²) >= 11 is 0. The molecule has 1 fully saturated rings. The van der Waals surface area contributed by atoms with Crippen molar-refractivity contribution in [1.29, 1.82) is 0 Å². The van der Waals surface area contributed by atoms with Gasteiger partial charge in [-0.05, 0) is 99.3 Å². The van der Waals surface area contributed by atoms with Crippen molar-refractivity contribution in [2.75, 3.05) is 31.6 Å². The summed E-state index contributed by atoms with van der Waals surface area (Å²) in [6.07, 6.45) is 6.26. The summed E-state index contributed by atoms with van der Waals surface area (Å²) in [4.78, 5) is 19.8. The maximum atomic E-state index is 13.0. The van der Waals surface area contributed by atoms with E-state index in [0.29, 0.717) is 12.2 Å². The highest BCUT2D eigenvalue weighted by atomic mass is 16.5. The van der Waals surface area contributed by atoms with Crippen LogP contribution in [0.25, 0.3) is 5.65 Å². The first-order valence-corrected chi connectivity index (χ1v) is 12.4. The van der Waals surface area contributed by atoms with E-state index < -0.39 is 0 Å². The van der Waals surface area contributed by atoms with Crippen molar-refractivity contribution in [3.05, 3.63) is 94.9 Å². The minimum absolute atomic E-state index is 0.171. The Morgan fingerprint density at radius 1 is 1.03 bits per heavy atom. The fourth-order valence-corrected chi connectivity index (χ4v) is 4.44. The topological polar surface area (TPSA) is 58.9 Å². The molecule has 1 N–H and O–H groups in total. The lowest BCUT2D eigenvalue weighted by molar-refractivity contribution is 0.102. The molecule has 1 saturated heterocycles. The Morgan fingerprint density at radius 3 is 2.72 bits per heavy atom. The zero-order valence-electron chi connectivity index (χ0n) is 20.8. The van der Waals surface area contributed by atoms with Crippen molar-refractivity contribution in [3.63, 3.8) is 0 Å². The maximum Gasteiger partial charge on any atom is 0.255 e. The number of carbonyl (C=O) groups excluding carboxylic acids is 1. The summed E-state index contributed by atoms with van der Waals surface area (Å²) < 4.78 is 7.93. The summed E-state index contributed by atoms with van der Waals surface area (Å²) in [5.74, 6) is 7.09. The molecular formula is C30H30N4O2. The lowest BCUT2D eigenvalue weighted by atomic mass is 10.0. The van der Waals surface area contributed by atoms with Crippen molar-refractivity contribution >= 4 is 17.2 Å². The first kappa shape index (κ1) is 23.7. The van der Waals surface area contributed by atoms with Gasteiger partial charge in [0.15, 0.2) is 0 Å². The molecule has 182 valence electrons. The number of hydrogen-bond donors (Lipinski definition) is 1. The average Bonchev–Trinajstić information content (AvgIpc) is 3.55. The molecule has 6 heteroatoms. The zero-order valence-corrected chi connectivity index (χ0v) is 20.8. The summed E-state index contributed by atoms with van der Waals surface area (Å²) in [6.45, 7) is 7.95. The van der Waals surface area contributed by atoms with Crippen LogP contribution in [0.4, 0.5) is 5.69 Å².